The summed E-state index contributed by atoms with van der Waals surface area (Å²) in [4.78, 5) is 37.1. The SMILES string of the molecule is CCN(CC)C(=O)[C@H](c1ccccc1)N1CCN(c2ccc(CC(=O)c3ccccc3-c3cccnc3)cc2F)CC1. The minimum atomic E-state index is -0.360. The van der Waals surface area contributed by atoms with Crippen molar-refractivity contribution in [2.24, 2.45) is 0 Å². The maximum absolute atomic E-state index is 15.4. The molecule has 2 heterocycles. The second kappa shape index (κ2) is 13.5. The molecule has 0 N–H and O–H groups in total. The Kier molecular flexibility index (Phi) is 9.39. The number of nitrogens with zero attached hydrogens (tertiary/aromatic N) is 4. The van der Waals surface area contributed by atoms with Crippen molar-refractivity contribution >= 4 is 17.4 Å². The van der Waals surface area contributed by atoms with Gasteiger partial charge in [0.05, 0.1) is 5.69 Å². The van der Waals surface area contributed by atoms with Gasteiger partial charge in [0.1, 0.15) is 11.9 Å². The van der Waals surface area contributed by atoms with Crippen LogP contribution in [0.5, 0.6) is 0 Å². The highest BCUT2D eigenvalue weighted by Gasteiger charge is 2.33. The second-order valence-electron chi connectivity index (χ2n) is 10.5. The molecular formula is C35H37FN4O2. The first-order valence-electron chi connectivity index (χ1n) is 14.6. The standard InChI is InChI=1S/C35H37FN4O2/c1-3-38(4-2)35(42)34(27-11-6-5-7-12-27)40-21-19-39(20-22-40)32-17-16-26(23-31(32)36)24-33(41)30-15-9-8-14-29(30)28-13-10-18-37-25-28/h5-18,23,25,34H,3-4,19-22,24H2,1-2H3/t34-/m0/s1. The quantitative estimate of drug-likeness (QED) is 0.220. The van der Waals surface area contributed by atoms with Gasteiger partial charge in [-0.15, -0.1) is 0 Å². The third-order valence-electron chi connectivity index (χ3n) is 8.02. The highest BCUT2D eigenvalue weighted by molar-refractivity contribution is 6.03. The van der Waals surface area contributed by atoms with Crippen molar-refractivity contribution in [2.45, 2.75) is 26.3 Å². The number of benzene rings is 3. The smallest absolute Gasteiger partial charge is 0.244 e. The predicted molar refractivity (Wildman–Crippen MR) is 165 cm³/mol. The van der Waals surface area contributed by atoms with Crippen LogP contribution in [0.25, 0.3) is 11.1 Å². The van der Waals surface area contributed by atoms with Crippen LogP contribution < -0.4 is 4.90 Å². The van der Waals surface area contributed by atoms with Gasteiger partial charge in [0.2, 0.25) is 5.91 Å². The van der Waals surface area contributed by atoms with E-state index in [1.54, 1.807) is 18.5 Å². The molecule has 1 aliphatic rings. The van der Waals surface area contributed by atoms with Crippen LogP contribution in [0, 0.1) is 5.82 Å². The van der Waals surface area contributed by atoms with Gasteiger partial charge in [-0.2, -0.15) is 0 Å². The molecular weight excluding hydrogens is 527 g/mol. The third-order valence-corrected chi connectivity index (χ3v) is 8.02. The van der Waals surface area contributed by atoms with Crippen LogP contribution in [0.1, 0.15) is 41.4 Å². The topological polar surface area (TPSA) is 56.8 Å². The van der Waals surface area contributed by atoms with E-state index < -0.39 is 0 Å². The Morgan fingerprint density at radius 3 is 2.26 bits per heavy atom. The summed E-state index contributed by atoms with van der Waals surface area (Å²) in [6.45, 7) is 7.79. The highest BCUT2D eigenvalue weighted by atomic mass is 19.1. The van der Waals surface area contributed by atoms with Gasteiger partial charge in [0.15, 0.2) is 5.78 Å². The molecule has 1 saturated heterocycles. The molecule has 1 aromatic heterocycles. The molecule has 42 heavy (non-hydrogen) atoms. The molecule has 0 bridgehead atoms. The van der Waals surface area contributed by atoms with Crippen molar-refractivity contribution in [3.63, 3.8) is 0 Å². The molecule has 5 rings (SSSR count). The Morgan fingerprint density at radius 2 is 1.60 bits per heavy atom. The monoisotopic (exact) mass is 564 g/mol. The van der Waals surface area contributed by atoms with Crippen molar-refractivity contribution in [1.29, 1.82) is 0 Å². The van der Waals surface area contributed by atoms with Gasteiger partial charge in [-0.3, -0.25) is 19.5 Å². The summed E-state index contributed by atoms with van der Waals surface area (Å²) < 4.78 is 15.4. The first-order chi connectivity index (χ1) is 20.5. The molecule has 1 fully saturated rings. The maximum atomic E-state index is 15.4. The molecule has 6 nitrogen and oxygen atoms in total. The van der Waals surface area contributed by atoms with Crippen molar-refractivity contribution in [1.82, 2.24) is 14.8 Å². The van der Waals surface area contributed by atoms with E-state index in [1.807, 2.05) is 96.4 Å². The largest absolute Gasteiger partial charge is 0.367 e. The van der Waals surface area contributed by atoms with Gasteiger partial charge in [-0.05, 0) is 48.7 Å². The number of Topliss-reactive ketones (excluding diaryl/α,β-unsaturated/α-hetero) is 1. The number of rotatable bonds is 10. The Hall–Kier alpha value is -4.36. The molecule has 0 saturated carbocycles. The molecule has 7 heteroatoms. The summed E-state index contributed by atoms with van der Waals surface area (Å²) in [6, 6.07) is 25.9. The van der Waals surface area contributed by atoms with Gasteiger partial charge >= 0.3 is 0 Å². The summed E-state index contributed by atoms with van der Waals surface area (Å²) >= 11 is 0. The Bertz CT molecular complexity index is 1500. The van der Waals surface area contributed by atoms with E-state index in [0.717, 1.165) is 16.7 Å². The lowest BCUT2D eigenvalue weighted by atomic mass is 9.95. The zero-order valence-electron chi connectivity index (χ0n) is 24.2. The number of halogens is 1. The van der Waals surface area contributed by atoms with Crippen LogP contribution in [0.4, 0.5) is 10.1 Å². The number of ketones is 1. The van der Waals surface area contributed by atoms with Crippen LogP contribution in [-0.4, -0.2) is 65.7 Å². The van der Waals surface area contributed by atoms with Crippen molar-refractivity contribution in [3.8, 4) is 11.1 Å². The summed E-state index contributed by atoms with van der Waals surface area (Å²) in [7, 11) is 0. The number of carbonyl (C=O) groups is 2. The molecule has 216 valence electrons. The van der Waals surface area contributed by atoms with Gasteiger partial charge < -0.3 is 9.80 Å². The van der Waals surface area contributed by atoms with Gasteiger partial charge in [-0.1, -0.05) is 66.7 Å². The van der Waals surface area contributed by atoms with Crippen LogP contribution in [0.2, 0.25) is 0 Å². The summed E-state index contributed by atoms with van der Waals surface area (Å²) in [5.74, 6) is -0.307. The summed E-state index contributed by atoms with van der Waals surface area (Å²) in [5.41, 5.74) is 4.42. The minimum Gasteiger partial charge on any atom is -0.367 e. The van der Waals surface area contributed by atoms with Crippen LogP contribution in [0.3, 0.4) is 0 Å². The summed E-state index contributed by atoms with van der Waals surface area (Å²) in [5, 5.41) is 0. The van der Waals surface area contributed by atoms with Crippen LogP contribution in [-0.2, 0) is 11.2 Å². The van der Waals surface area contributed by atoms with Crippen LogP contribution >= 0.6 is 0 Å². The third kappa shape index (κ3) is 6.42. The number of aromatic nitrogens is 1. The molecule has 1 atom stereocenters. The summed E-state index contributed by atoms with van der Waals surface area (Å²) in [6.07, 6.45) is 3.54. The molecule has 1 aliphatic heterocycles. The van der Waals surface area contributed by atoms with Gasteiger partial charge in [0, 0.05) is 69.2 Å². The van der Waals surface area contributed by atoms with Gasteiger partial charge in [0.25, 0.3) is 0 Å². The van der Waals surface area contributed by atoms with Gasteiger partial charge in [-0.25, -0.2) is 4.39 Å². The van der Waals surface area contributed by atoms with Crippen molar-refractivity contribution < 1.29 is 14.0 Å². The fraction of sp³-hybridized carbons (Fsp3) is 0.286. The first kappa shape index (κ1) is 29.1. The maximum Gasteiger partial charge on any atom is 0.244 e. The number of hydrogen-bond donors (Lipinski definition) is 0. The molecule has 0 spiro atoms. The van der Waals surface area contributed by atoms with E-state index in [2.05, 4.69) is 9.88 Å². The van der Waals surface area contributed by atoms with E-state index in [4.69, 9.17) is 0 Å². The number of hydrogen-bond acceptors (Lipinski definition) is 5. The van der Waals surface area contributed by atoms with Crippen molar-refractivity contribution in [3.05, 3.63) is 120 Å². The fourth-order valence-corrected chi connectivity index (χ4v) is 5.77. The van der Waals surface area contributed by atoms with E-state index in [1.165, 1.54) is 6.07 Å². The molecule has 3 aromatic carbocycles. The van der Waals surface area contributed by atoms with E-state index in [9.17, 15) is 9.59 Å². The zero-order valence-corrected chi connectivity index (χ0v) is 24.2. The second-order valence-corrected chi connectivity index (χ2v) is 10.5. The van der Waals surface area contributed by atoms with Crippen molar-refractivity contribution in [2.75, 3.05) is 44.2 Å². The Balaban J connectivity index is 1.27. The first-order valence-corrected chi connectivity index (χ1v) is 14.6. The number of carbonyl (C=O) groups excluding carboxylic acids is 2. The Labute approximate surface area is 247 Å². The number of amides is 1. The molecule has 0 radical (unpaired) electrons. The number of anilines is 1. The lowest BCUT2D eigenvalue weighted by Crippen LogP contribution is -2.52. The van der Waals surface area contributed by atoms with E-state index in [0.29, 0.717) is 56.1 Å². The predicted octanol–water partition coefficient (Wildman–Crippen LogP) is 6.04. The zero-order chi connectivity index (χ0) is 29.5. The lowest BCUT2D eigenvalue weighted by molar-refractivity contribution is -0.137. The van der Waals surface area contributed by atoms with E-state index >= 15 is 4.39 Å². The normalized spacial score (nSPS) is 14.4. The fourth-order valence-electron chi connectivity index (χ4n) is 5.77. The average Bonchev–Trinajstić information content (AvgIpc) is 3.03. The van der Waals surface area contributed by atoms with E-state index in [-0.39, 0.29) is 30.0 Å². The number of pyridine rings is 1. The van der Waals surface area contributed by atoms with Crippen LogP contribution in [0.15, 0.2) is 97.3 Å². The molecule has 0 unspecified atom stereocenters. The number of likely N-dealkylation sites (N-methyl/N-ethyl adjacent to an activating group) is 1. The Morgan fingerprint density at radius 1 is 0.881 bits per heavy atom. The molecule has 0 aliphatic carbocycles. The lowest BCUT2D eigenvalue weighted by Gasteiger charge is -2.41. The molecule has 4 aromatic rings. The number of piperazine rings is 1. The highest BCUT2D eigenvalue weighted by Crippen LogP contribution is 2.29. The molecule has 1 amide bonds. The average molecular weight is 565 g/mol. The minimum absolute atomic E-state index is 0.0694.